The second-order valence-electron chi connectivity index (χ2n) is 4.08. The van der Waals surface area contributed by atoms with Gasteiger partial charge in [0.2, 0.25) is 0 Å². The van der Waals surface area contributed by atoms with Gasteiger partial charge in [-0.15, -0.1) is 0 Å². The van der Waals surface area contributed by atoms with Crippen molar-refractivity contribution in [2.24, 2.45) is 7.05 Å². The van der Waals surface area contributed by atoms with Crippen LogP contribution >= 0.6 is 0 Å². The predicted molar refractivity (Wildman–Crippen MR) is 67.9 cm³/mol. The number of rotatable bonds is 3. The zero-order chi connectivity index (χ0) is 13.1. The molecule has 18 heavy (non-hydrogen) atoms. The molecule has 0 atom stereocenters. The Kier molecular flexibility index (Phi) is 3.32. The SMILES string of the molecule is Cc1c(N)cccc1C(=O)OCc1ccn(C)n1. The first-order chi connectivity index (χ1) is 8.58. The number of benzene rings is 1. The van der Waals surface area contributed by atoms with Gasteiger partial charge in [0.05, 0.1) is 11.3 Å². The second-order valence-corrected chi connectivity index (χ2v) is 4.08. The summed E-state index contributed by atoms with van der Waals surface area (Å²) < 4.78 is 6.85. The van der Waals surface area contributed by atoms with Crippen LogP contribution in [0.2, 0.25) is 0 Å². The number of nitrogen functional groups attached to an aromatic ring is 1. The topological polar surface area (TPSA) is 70.1 Å². The molecular formula is C13H15N3O2. The normalized spacial score (nSPS) is 10.3. The van der Waals surface area contributed by atoms with Crippen molar-refractivity contribution in [2.45, 2.75) is 13.5 Å². The molecule has 2 rings (SSSR count). The number of anilines is 1. The van der Waals surface area contributed by atoms with Crippen LogP contribution in [0, 0.1) is 6.92 Å². The van der Waals surface area contributed by atoms with E-state index in [0.29, 0.717) is 16.9 Å². The van der Waals surface area contributed by atoms with Gasteiger partial charge in [-0.05, 0) is 30.7 Å². The molecule has 0 spiro atoms. The van der Waals surface area contributed by atoms with E-state index >= 15 is 0 Å². The highest BCUT2D eigenvalue weighted by molar-refractivity contribution is 5.92. The van der Waals surface area contributed by atoms with Crippen LogP contribution in [-0.4, -0.2) is 15.7 Å². The molecule has 5 nitrogen and oxygen atoms in total. The molecule has 0 aliphatic heterocycles. The van der Waals surface area contributed by atoms with Crippen molar-refractivity contribution in [3.63, 3.8) is 0 Å². The largest absolute Gasteiger partial charge is 0.455 e. The maximum Gasteiger partial charge on any atom is 0.338 e. The number of aromatic nitrogens is 2. The molecule has 0 fully saturated rings. The number of hydrogen-bond donors (Lipinski definition) is 1. The zero-order valence-electron chi connectivity index (χ0n) is 10.4. The molecular weight excluding hydrogens is 230 g/mol. The maximum absolute atomic E-state index is 11.9. The molecule has 0 saturated carbocycles. The van der Waals surface area contributed by atoms with Crippen molar-refractivity contribution in [3.8, 4) is 0 Å². The van der Waals surface area contributed by atoms with Crippen LogP contribution in [0.5, 0.6) is 0 Å². The summed E-state index contributed by atoms with van der Waals surface area (Å²) in [7, 11) is 1.81. The number of carbonyl (C=O) groups excluding carboxylic acids is 1. The summed E-state index contributed by atoms with van der Waals surface area (Å²) in [5.74, 6) is -0.384. The Morgan fingerprint density at radius 1 is 1.44 bits per heavy atom. The third kappa shape index (κ3) is 2.51. The molecule has 0 saturated heterocycles. The van der Waals surface area contributed by atoms with Crippen LogP contribution in [0.15, 0.2) is 30.5 Å². The van der Waals surface area contributed by atoms with E-state index in [1.54, 1.807) is 42.1 Å². The standard InChI is InChI=1S/C13H15N3O2/c1-9-11(4-3-5-12(9)14)13(17)18-8-10-6-7-16(2)15-10/h3-7H,8,14H2,1-2H3. The van der Waals surface area contributed by atoms with Gasteiger partial charge in [-0.3, -0.25) is 4.68 Å². The van der Waals surface area contributed by atoms with E-state index in [1.807, 2.05) is 7.05 Å². The van der Waals surface area contributed by atoms with E-state index in [1.165, 1.54) is 0 Å². The highest BCUT2D eigenvalue weighted by atomic mass is 16.5. The highest BCUT2D eigenvalue weighted by Gasteiger charge is 2.12. The van der Waals surface area contributed by atoms with E-state index in [0.717, 1.165) is 5.56 Å². The highest BCUT2D eigenvalue weighted by Crippen LogP contribution is 2.16. The summed E-state index contributed by atoms with van der Waals surface area (Å²) in [6.45, 7) is 1.96. The fourth-order valence-corrected chi connectivity index (χ4v) is 1.63. The summed E-state index contributed by atoms with van der Waals surface area (Å²) in [5.41, 5.74) is 8.28. The van der Waals surface area contributed by atoms with Gasteiger partial charge in [0, 0.05) is 18.9 Å². The molecule has 0 bridgehead atoms. The third-order valence-electron chi connectivity index (χ3n) is 2.72. The van der Waals surface area contributed by atoms with Crippen molar-refractivity contribution < 1.29 is 9.53 Å². The molecule has 2 N–H and O–H groups in total. The molecule has 0 radical (unpaired) electrons. The van der Waals surface area contributed by atoms with Crippen molar-refractivity contribution in [3.05, 3.63) is 47.3 Å². The Labute approximate surface area is 105 Å². The summed E-state index contributed by atoms with van der Waals surface area (Å²) >= 11 is 0. The summed E-state index contributed by atoms with van der Waals surface area (Å²) in [6.07, 6.45) is 1.80. The molecule has 1 aromatic carbocycles. The van der Waals surface area contributed by atoms with E-state index in [-0.39, 0.29) is 12.6 Å². The minimum atomic E-state index is -0.384. The molecule has 0 unspecified atom stereocenters. The first-order valence-corrected chi connectivity index (χ1v) is 5.58. The van der Waals surface area contributed by atoms with Gasteiger partial charge in [0.25, 0.3) is 0 Å². The number of nitrogens with zero attached hydrogens (tertiary/aromatic N) is 2. The zero-order valence-corrected chi connectivity index (χ0v) is 10.4. The van der Waals surface area contributed by atoms with Gasteiger partial charge in [0.15, 0.2) is 0 Å². The molecule has 1 aromatic heterocycles. The second kappa shape index (κ2) is 4.91. The lowest BCUT2D eigenvalue weighted by atomic mass is 10.1. The summed E-state index contributed by atoms with van der Waals surface area (Å²) in [6, 6.07) is 7.00. The van der Waals surface area contributed by atoms with Crippen LogP contribution in [0.25, 0.3) is 0 Å². The summed E-state index contributed by atoms with van der Waals surface area (Å²) in [5, 5.41) is 4.13. The minimum Gasteiger partial charge on any atom is -0.455 e. The quantitative estimate of drug-likeness (QED) is 0.659. The monoisotopic (exact) mass is 245 g/mol. The van der Waals surface area contributed by atoms with Crippen LogP contribution in [0.1, 0.15) is 21.6 Å². The Morgan fingerprint density at radius 2 is 2.22 bits per heavy atom. The van der Waals surface area contributed by atoms with Crippen LogP contribution < -0.4 is 5.73 Å². The molecule has 0 aliphatic rings. The average Bonchev–Trinajstić information content (AvgIpc) is 2.76. The number of aryl methyl sites for hydroxylation is 1. The van der Waals surface area contributed by atoms with E-state index in [2.05, 4.69) is 5.10 Å². The Balaban J connectivity index is 2.06. The number of hydrogen-bond acceptors (Lipinski definition) is 4. The van der Waals surface area contributed by atoms with Gasteiger partial charge < -0.3 is 10.5 Å². The maximum atomic E-state index is 11.9. The van der Waals surface area contributed by atoms with E-state index < -0.39 is 0 Å². The predicted octanol–water partition coefficient (Wildman–Crippen LogP) is 1.67. The van der Waals surface area contributed by atoms with Crippen LogP contribution in [0.3, 0.4) is 0 Å². The molecule has 1 heterocycles. The lowest BCUT2D eigenvalue weighted by molar-refractivity contribution is 0.0466. The number of ether oxygens (including phenoxy) is 1. The molecule has 5 heteroatoms. The smallest absolute Gasteiger partial charge is 0.338 e. The minimum absolute atomic E-state index is 0.161. The fourth-order valence-electron chi connectivity index (χ4n) is 1.63. The lowest BCUT2D eigenvalue weighted by Crippen LogP contribution is -2.08. The van der Waals surface area contributed by atoms with Crippen molar-refractivity contribution in [1.29, 1.82) is 0 Å². The lowest BCUT2D eigenvalue weighted by Gasteiger charge is -2.07. The van der Waals surface area contributed by atoms with Gasteiger partial charge in [-0.2, -0.15) is 5.10 Å². The molecule has 2 aromatic rings. The van der Waals surface area contributed by atoms with Gasteiger partial charge in [-0.25, -0.2) is 4.79 Å². The van der Waals surface area contributed by atoms with Crippen molar-refractivity contribution in [2.75, 3.05) is 5.73 Å². The van der Waals surface area contributed by atoms with Crippen LogP contribution in [-0.2, 0) is 18.4 Å². The van der Waals surface area contributed by atoms with E-state index in [9.17, 15) is 4.79 Å². The average molecular weight is 245 g/mol. The number of esters is 1. The number of nitrogens with two attached hydrogens (primary N) is 1. The summed E-state index contributed by atoms with van der Waals surface area (Å²) in [4.78, 5) is 11.9. The van der Waals surface area contributed by atoms with Gasteiger partial charge in [0.1, 0.15) is 6.61 Å². The first kappa shape index (κ1) is 12.2. The van der Waals surface area contributed by atoms with E-state index in [4.69, 9.17) is 10.5 Å². The van der Waals surface area contributed by atoms with Gasteiger partial charge >= 0.3 is 5.97 Å². The Morgan fingerprint density at radius 3 is 2.89 bits per heavy atom. The number of carbonyl (C=O) groups is 1. The van der Waals surface area contributed by atoms with Crippen molar-refractivity contribution in [1.82, 2.24) is 9.78 Å². The molecule has 94 valence electrons. The van der Waals surface area contributed by atoms with Crippen LogP contribution in [0.4, 0.5) is 5.69 Å². The third-order valence-corrected chi connectivity index (χ3v) is 2.72. The first-order valence-electron chi connectivity index (χ1n) is 5.58. The fraction of sp³-hybridized carbons (Fsp3) is 0.231. The van der Waals surface area contributed by atoms with Gasteiger partial charge in [-0.1, -0.05) is 6.07 Å². The van der Waals surface area contributed by atoms with Crippen molar-refractivity contribution >= 4 is 11.7 Å². The molecule has 0 amide bonds. The Hall–Kier alpha value is -2.30. The Bertz CT molecular complexity index is 575. The molecule has 0 aliphatic carbocycles.